The number of aryl methyl sites for hydroxylation is 1. The highest BCUT2D eigenvalue weighted by molar-refractivity contribution is 6.00. The van der Waals surface area contributed by atoms with Crippen LogP contribution >= 0.6 is 0 Å². The van der Waals surface area contributed by atoms with Gasteiger partial charge in [0.1, 0.15) is 0 Å². The van der Waals surface area contributed by atoms with Crippen molar-refractivity contribution in [2.24, 2.45) is 0 Å². The molecule has 0 bridgehead atoms. The standard InChI is InChI=1S/C18H17N3O4/c22-17(19-16-11-4-1-2-5-12(11)20-25-16)18(7-8-18)15-10-14(24-21-15)13-6-3-9-23-13/h3,6,9-10H,1-2,4-5,7-8H2,(H,19,22). The molecule has 0 aromatic carbocycles. The molecule has 1 amide bonds. The van der Waals surface area contributed by atoms with E-state index in [4.69, 9.17) is 13.5 Å². The van der Waals surface area contributed by atoms with Crippen LogP contribution in [0.1, 0.15) is 42.6 Å². The number of amides is 1. The lowest BCUT2D eigenvalue weighted by atomic mass is 9.97. The molecule has 1 N–H and O–H groups in total. The molecule has 7 heteroatoms. The van der Waals surface area contributed by atoms with Crippen LogP contribution in [0.5, 0.6) is 0 Å². The van der Waals surface area contributed by atoms with Gasteiger partial charge in [-0.1, -0.05) is 10.3 Å². The highest BCUT2D eigenvalue weighted by atomic mass is 16.5. The topological polar surface area (TPSA) is 94.3 Å². The number of hydrogen-bond acceptors (Lipinski definition) is 6. The maximum atomic E-state index is 12.9. The average Bonchev–Trinajstić information content (AvgIpc) is 3.04. The molecule has 0 atom stereocenters. The SMILES string of the molecule is O=C(Nc1onc2c1CCCC2)C1(c2cc(-c3ccco3)on2)CC1. The third-order valence-electron chi connectivity index (χ3n) is 5.14. The molecule has 3 aromatic rings. The van der Waals surface area contributed by atoms with Gasteiger partial charge in [0.25, 0.3) is 0 Å². The summed E-state index contributed by atoms with van der Waals surface area (Å²) in [5.74, 6) is 1.49. The van der Waals surface area contributed by atoms with Crippen LogP contribution < -0.4 is 5.32 Å². The van der Waals surface area contributed by atoms with E-state index >= 15 is 0 Å². The molecular weight excluding hydrogens is 322 g/mol. The van der Waals surface area contributed by atoms with E-state index in [1.165, 1.54) is 0 Å². The van der Waals surface area contributed by atoms with Crippen molar-refractivity contribution >= 4 is 11.8 Å². The van der Waals surface area contributed by atoms with E-state index in [9.17, 15) is 4.79 Å². The van der Waals surface area contributed by atoms with Gasteiger partial charge in [-0.3, -0.25) is 10.1 Å². The van der Waals surface area contributed by atoms with Gasteiger partial charge in [0.05, 0.1) is 23.1 Å². The molecule has 3 aromatic heterocycles. The number of furan rings is 1. The molecule has 3 heterocycles. The minimum absolute atomic E-state index is 0.115. The Morgan fingerprint density at radius 2 is 2.00 bits per heavy atom. The molecule has 0 radical (unpaired) electrons. The van der Waals surface area contributed by atoms with E-state index in [-0.39, 0.29) is 5.91 Å². The Morgan fingerprint density at radius 1 is 1.12 bits per heavy atom. The molecule has 25 heavy (non-hydrogen) atoms. The maximum absolute atomic E-state index is 12.9. The number of carbonyl (C=O) groups excluding carboxylic acids is 1. The fraction of sp³-hybridized carbons (Fsp3) is 0.389. The van der Waals surface area contributed by atoms with Gasteiger partial charge in [0, 0.05) is 11.6 Å². The molecule has 2 aliphatic carbocycles. The number of fused-ring (bicyclic) bond motifs is 1. The Hall–Kier alpha value is -2.83. The Morgan fingerprint density at radius 3 is 2.80 bits per heavy atom. The van der Waals surface area contributed by atoms with Gasteiger partial charge in [-0.25, -0.2) is 0 Å². The van der Waals surface area contributed by atoms with E-state index in [0.717, 1.165) is 49.8 Å². The fourth-order valence-electron chi connectivity index (χ4n) is 3.47. The Kier molecular flexibility index (Phi) is 3.10. The van der Waals surface area contributed by atoms with Gasteiger partial charge < -0.3 is 13.5 Å². The largest absolute Gasteiger partial charge is 0.461 e. The first-order valence-corrected chi connectivity index (χ1v) is 8.56. The normalized spacial score (nSPS) is 17.9. The summed E-state index contributed by atoms with van der Waals surface area (Å²) in [4.78, 5) is 12.9. The third kappa shape index (κ3) is 2.30. The van der Waals surface area contributed by atoms with E-state index in [1.54, 1.807) is 24.5 Å². The molecule has 0 unspecified atom stereocenters. The predicted octanol–water partition coefficient (Wildman–Crippen LogP) is 3.47. The quantitative estimate of drug-likeness (QED) is 0.782. The van der Waals surface area contributed by atoms with E-state index in [2.05, 4.69) is 15.6 Å². The van der Waals surface area contributed by atoms with Crippen molar-refractivity contribution < 1.29 is 18.3 Å². The van der Waals surface area contributed by atoms with Crippen LogP contribution in [0.4, 0.5) is 5.88 Å². The van der Waals surface area contributed by atoms with Crippen LogP contribution in [0.25, 0.3) is 11.5 Å². The number of anilines is 1. The lowest BCUT2D eigenvalue weighted by Crippen LogP contribution is -2.28. The summed E-state index contributed by atoms with van der Waals surface area (Å²) in [5.41, 5.74) is 1.98. The van der Waals surface area contributed by atoms with Crippen LogP contribution in [0.15, 0.2) is 37.9 Å². The van der Waals surface area contributed by atoms with Gasteiger partial charge in [-0.05, 0) is 50.7 Å². The minimum atomic E-state index is -0.650. The first-order valence-electron chi connectivity index (χ1n) is 8.56. The van der Waals surface area contributed by atoms with Gasteiger partial charge in [-0.15, -0.1) is 0 Å². The minimum Gasteiger partial charge on any atom is -0.461 e. The first-order chi connectivity index (χ1) is 12.3. The van der Waals surface area contributed by atoms with Crippen LogP contribution in [-0.2, 0) is 23.1 Å². The number of carbonyl (C=O) groups is 1. The number of nitrogens with one attached hydrogen (secondary N) is 1. The maximum Gasteiger partial charge on any atom is 0.239 e. The summed E-state index contributed by atoms with van der Waals surface area (Å²) >= 11 is 0. The first kappa shape index (κ1) is 14.5. The Labute approximate surface area is 143 Å². The van der Waals surface area contributed by atoms with Crippen LogP contribution in [0.2, 0.25) is 0 Å². The monoisotopic (exact) mass is 339 g/mol. The predicted molar refractivity (Wildman–Crippen MR) is 86.9 cm³/mol. The van der Waals surface area contributed by atoms with Crippen molar-refractivity contribution in [3.63, 3.8) is 0 Å². The van der Waals surface area contributed by atoms with Gasteiger partial charge in [0.2, 0.25) is 17.6 Å². The fourth-order valence-corrected chi connectivity index (χ4v) is 3.47. The van der Waals surface area contributed by atoms with E-state index in [1.807, 2.05) is 0 Å². The highest BCUT2D eigenvalue weighted by Crippen LogP contribution is 2.49. The molecule has 0 aliphatic heterocycles. The van der Waals surface area contributed by atoms with Gasteiger partial charge in [-0.2, -0.15) is 0 Å². The summed E-state index contributed by atoms with van der Waals surface area (Å²) in [6, 6.07) is 5.36. The molecule has 5 rings (SSSR count). The van der Waals surface area contributed by atoms with Crippen molar-refractivity contribution in [3.8, 4) is 11.5 Å². The molecular formula is C18H17N3O4. The van der Waals surface area contributed by atoms with E-state index < -0.39 is 5.41 Å². The second-order valence-electron chi connectivity index (χ2n) is 6.73. The smallest absolute Gasteiger partial charge is 0.239 e. The number of aromatic nitrogens is 2. The molecule has 1 fully saturated rings. The van der Waals surface area contributed by atoms with Gasteiger partial charge in [0.15, 0.2) is 5.76 Å². The molecule has 7 nitrogen and oxygen atoms in total. The van der Waals surface area contributed by atoms with Crippen molar-refractivity contribution in [2.75, 3.05) is 5.32 Å². The molecule has 0 saturated heterocycles. The van der Waals surface area contributed by atoms with Crippen LogP contribution in [0, 0.1) is 0 Å². The molecule has 128 valence electrons. The average molecular weight is 339 g/mol. The Balaban J connectivity index is 1.39. The summed E-state index contributed by atoms with van der Waals surface area (Å²) in [5, 5.41) is 11.1. The lowest BCUT2D eigenvalue weighted by molar-refractivity contribution is -0.118. The molecule has 0 spiro atoms. The van der Waals surface area contributed by atoms with Crippen LogP contribution in [0.3, 0.4) is 0 Å². The number of rotatable bonds is 4. The van der Waals surface area contributed by atoms with Crippen molar-refractivity contribution in [1.82, 2.24) is 10.3 Å². The molecule has 2 aliphatic rings. The Bertz CT molecular complexity index is 918. The second-order valence-corrected chi connectivity index (χ2v) is 6.73. The number of nitrogens with zero attached hydrogens (tertiary/aromatic N) is 2. The lowest BCUT2D eigenvalue weighted by Gasteiger charge is -2.13. The van der Waals surface area contributed by atoms with E-state index in [0.29, 0.717) is 23.1 Å². The summed E-state index contributed by atoms with van der Waals surface area (Å²) in [6.45, 7) is 0. The van der Waals surface area contributed by atoms with Crippen molar-refractivity contribution in [2.45, 2.75) is 43.9 Å². The zero-order valence-corrected chi connectivity index (χ0v) is 13.6. The summed E-state index contributed by atoms with van der Waals surface area (Å²) in [7, 11) is 0. The van der Waals surface area contributed by atoms with Gasteiger partial charge >= 0.3 is 0 Å². The number of hydrogen-bond donors (Lipinski definition) is 1. The zero-order valence-electron chi connectivity index (χ0n) is 13.6. The third-order valence-corrected chi connectivity index (χ3v) is 5.14. The van der Waals surface area contributed by atoms with Crippen molar-refractivity contribution in [3.05, 3.63) is 41.4 Å². The zero-order chi connectivity index (χ0) is 16.9. The highest BCUT2D eigenvalue weighted by Gasteiger charge is 2.54. The second kappa shape index (κ2) is 5.34. The summed E-state index contributed by atoms with van der Waals surface area (Å²) in [6.07, 6.45) is 7.07. The van der Waals surface area contributed by atoms with Crippen LogP contribution in [-0.4, -0.2) is 16.2 Å². The molecule has 1 saturated carbocycles. The van der Waals surface area contributed by atoms with Crippen molar-refractivity contribution in [1.29, 1.82) is 0 Å². The summed E-state index contributed by atoms with van der Waals surface area (Å²) < 4.78 is 16.0.